The van der Waals surface area contributed by atoms with Crippen molar-refractivity contribution in [1.29, 1.82) is 0 Å². The van der Waals surface area contributed by atoms with Crippen molar-refractivity contribution >= 4 is 29.5 Å². The minimum Gasteiger partial charge on any atom is -0.497 e. The van der Waals surface area contributed by atoms with Gasteiger partial charge in [-0.25, -0.2) is 0 Å². The summed E-state index contributed by atoms with van der Waals surface area (Å²) in [6.07, 6.45) is 1.66. The van der Waals surface area contributed by atoms with Crippen LogP contribution in [0.15, 0.2) is 78.9 Å². The first-order valence-electron chi connectivity index (χ1n) is 17.7. The monoisotopic (exact) mass is 713 g/mol. The highest BCUT2D eigenvalue weighted by molar-refractivity contribution is 6.01. The number of carbonyl (C=O) groups is 5. The molecule has 0 aliphatic carbocycles. The number of fused-ring (bicyclic) bond motifs is 1. The highest BCUT2D eigenvalue weighted by Gasteiger charge is 2.34. The number of amides is 5. The third kappa shape index (κ3) is 11.6. The van der Waals surface area contributed by atoms with Crippen LogP contribution in [-0.2, 0) is 32.0 Å². The van der Waals surface area contributed by atoms with Crippen LogP contribution in [0.1, 0.15) is 54.6 Å². The van der Waals surface area contributed by atoms with Gasteiger partial charge in [-0.05, 0) is 67.0 Å². The average Bonchev–Trinajstić information content (AvgIpc) is 3.13. The van der Waals surface area contributed by atoms with Crippen LogP contribution >= 0.6 is 0 Å². The van der Waals surface area contributed by atoms with Crippen LogP contribution in [0.5, 0.6) is 11.5 Å². The van der Waals surface area contributed by atoms with E-state index in [4.69, 9.17) is 9.47 Å². The predicted octanol–water partition coefficient (Wildman–Crippen LogP) is 3.38. The van der Waals surface area contributed by atoms with Crippen molar-refractivity contribution < 1.29 is 33.4 Å². The lowest BCUT2D eigenvalue weighted by Gasteiger charge is -2.32. The van der Waals surface area contributed by atoms with Crippen molar-refractivity contribution in [2.45, 2.75) is 64.1 Å². The Balaban J connectivity index is 1.61. The van der Waals surface area contributed by atoms with Crippen LogP contribution in [0.25, 0.3) is 0 Å². The number of hydrogen-bond acceptors (Lipinski definition) is 7. The SMILES string of the molecule is COc1cccc(CCCNC(=O)[C@@H]2CC(=O)N(C)[C@@H](CC(C)C)C(=O)N(C)CC(=O)N[C@H](Cc3ccccc3)COc3ccccc3C(=O)N2)c1. The molecule has 0 fully saturated rings. The topological polar surface area (TPSA) is 146 Å². The molecule has 0 radical (unpaired) electrons. The molecule has 0 saturated carbocycles. The largest absolute Gasteiger partial charge is 0.497 e. The van der Waals surface area contributed by atoms with Gasteiger partial charge in [-0.15, -0.1) is 0 Å². The Labute approximate surface area is 306 Å². The van der Waals surface area contributed by atoms with Gasteiger partial charge < -0.3 is 35.2 Å². The summed E-state index contributed by atoms with van der Waals surface area (Å²) in [4.78, 5) is 71.1. The van der Waals surface area contributed by atoms with Gasteiger partial charge in [-0.1, -0.05) is 68.4 Å². The van der Waals surface area contributed by atoms with Crippen LogP contribution in [0.2, 0.25) is 0 Å². The maximum Gasteiger partial charge on any atom is 0.255 e. The fourth-order valence-electron chi connectivity index (χ4n) is 6.11. The van der Waals surface area contributed by atoms with E-state index in [2.05, 4.69) is 16.0 Å². The Kier molecular flexibility index (Phi) is 14.6. The van der Waals surface area contributed by atoms with Gasteiger partial charge in [0.1, 0.15) is 30.2 Å². The molecule has 1 aliphatic rings. The third-order valence-corrected chi connectivity index (χ3v) is 8.94. The molecular formula is C40H51N5O7. The molecule has 52 heavy (non-hydrogen) atoms. The average molecular weight is 714 g/mol. The molecule has 12 nitrogen and oxygen atoms in total. The van der Waals surface area contributed by atoms with Crippen molar-refractivity contribution in [2.75, 3.05) is 40.9 Å². The second-order valence-corrected chi connectivity index (χ2v) is 13.6. The summed E-state index contributed by atoms with van der Waals surface area (Å²) >= 11 is 0. The molecule has 0 bridgehead atoms. The number of ether oxygens (including phenoxy) is 2. The number of nitrogens with one attached hydrogen (secondary N) is 3. The van der Waals surface area contributed by atoms with Gasteiger partial charge in [0.2, 0.25) is 23.6 Å². The minimum atomic E-state index is -1.25. The van der Waals surface area contributed by atoms with Gasteiger partial charge >= 0.3 is 0 Å². The highest BCUT2D eigenvalue weighted by atomic mass is 16.5. The number of aryl methyl sites for hydroxylation is 1. The van der Waals surface area contributed by atoms with Gasteiger partial charge in [0.05, 0.1) is 31.7 Å². The van der Waals surface area contributed by atoms with Gasteiger partial charge in [-0.3, -0.25) is 24.0 Å². The smallest absolute Gasteiger partial charge is 0.255 e. The molecule has 0 spiro atoms. The zero-order valence-electron chi connectivity index (χ0n) is 30.7. The quantitative estimate of drug-likeness (QED) is 0.273. The summed E-state index contributed by atoms with van der Waals surface area (Å²) in [7, 11) is 4.65. The summed E-state index contributed by atoms with van der Waals surface area (Å²) in [6.45, 7) is 3.97. The maximum atomic E-state index is 13.8. The van der Waals surface area contributed by atoms with Crippen LogP contribution in [0, 0.1) is 5.92 Å². The zero-order chi connectivity index (χ0) is 37.6. The van der Waals surface area contributed by atoms with Crippen LogP contribution in [-0.4, -0.2) is 98.4 Å². The molecule has 1 aliphatic heterocycles. The van der Waals surface area contributed by atoms with E-state index < -0.39 is 54.1 Å². The Morgan fingerprint density at radius 2 is 1.65 bits per heavy atom. The summed E-state index contributed by atoms with van der Waals surface area (Å²) in [5, 5.41) is 8.64. The second kappa shape index (κ2) is 19.3. The molecule has 0 aromatic heterocycles. The summed E-state index contributed by atoms with van der Waals surface area (Å²) in [5.74, 6) is -1.41. The van der Waals surface area contributed by atoms with Crippen LogP contribution in [0.4, 0.5) is 0 Å². The predicted molar refractivity (Wildman–Crippen MR) is 198 cm³/mol. The van der Waals surface area contributed by atoms with Gasteiger partial charge in [0.15, 0.2) is 0 Å². The first-order chi connectivity index (χ1) is 24.9. The fourth-order valence-corrected chi connectivity index (χ4v) is 6.11. The summed E-state index contributed by atoms with van der Waals surface area (Å²) in [6, 6.07) is 21.2. The number of rotatable bonds is 10. The van der Waals surface area contributed by atoms with Crippen molar-refractivity contribution in [3.05, 3.63) is 95.6 Å². The zero-order valence-corrected chi connectivity index (χ0v) is 30.7. The Morgan fingerprint density at radius 1 is 0.942 bits per heavy atom. The lowest BCUT2D eigenvalue weighted by Crippen LogP contribution is -2.54. The molecule has 1 heterocycles. The molecule has 278 valence electrons. The number of benzene rings is 3. The molecule has 0 saturated heterocycles. The number of para-hydroxylation sites is 1. The van der Waals surface area contributed by atoms with Gasteiger partial charge in [0.25, 0.3) is 5.91 Å². The minimum absolute atomic E-state index is 0.0248. The number of likely N-dealkylation sites (N-methyl/N-ethyl adjacent to an activating group) is 2. The van der Waals surface area contributed by atoms with E-state index >= 15 is 0 Å². The number of methoxy groups -OCH3 is 1. The molecule has 5 amide bonds. The lowest BCUT2D eigenvalue weighted by molar-refractivity contribution is -0.146. The Morgan fingerprint density at radius 3 is 2.38 bits per heavy atom. The second-order valence-electron chi connectivity index (χ2n) is 13.6. The lowest BCUT2D eigenvalue weighted by atomic mass is 10.0. The first-order valence-corrected chi connectivity index (χ1v) is 17.7. The highest BCUT2D eigenvalue weighted by Crippen LogP contribution is 2.21. The van der Waals surface area contributed by atoms with Crippen molar-refractivity contribution in [1.82, 2.24) is 25.8 Å². The molecular weight excluding hydrogens is 662 g/mol. The molecule has 12 heteroatoms. The Hall–Kier alpha value is -5.39. The van der Waals surface area contributed by atoms with E-state index in [0.29, 0.717) is 32.2 Å². The van der Waals surface area contributed by atoms with E-state index in [1.54, 1.807) is 31.4 Å². The number of nitrogens with zero attached hydrogens (tertiary/aromatic N) is 2. The van der Waals surface area contributed by atoms with Crippen molar-refractivity contribution in [3.63, 3.8) is 0 Å². The van der Waals surface area contributed by atoms with E-state index in [1.165, 1.54) is 23.9 Å². The van der Waals surface area contributed by atoms with Crippen LogP contribution in [0.3, 0.4) is 0 Å². The van der Waals surface area contributed by atoms with E-state index in [-0.39, 0.29) is 30.4 Å². The van der Waals surface area contributed by atoms with E-state index in [1.807, 2.05) is 68.4 Å². The van der Waals surface area contributed by atoms with E-state index in [9.17, 15) is 24.0 Å². The normalized spacial score (nSPS) is 19.2. The standard InChI is InChI=1S/C40H51N5O7/c1-27(2)21-34-40(50)44(3)25-36(46)42-30(22-28-13-7-6-8-14-28)26-52-35-19-10-9-18-32(35)38(48)43-33(24-37(47)45(34)4)39(49)41-20-12-16-29-15-11-17-31(23-29)51-5/h6-11,13-15,17-19,23,27,30,33-34H,12,16,20-22,24-26H2,1-5H3,(H,41,49)(H,42,46)(H,43,48)/t30-,33+,34+/m1/s1. The number of hydrogen-bond donors (Lipinski definition) is 3. The number of carbonyl (C=O) groups excluding carboxylic acids is 5. The maximum absolute atomic E-state index is 13.8. The van der Waals surface area contributed by atoms with Crippen LogP contribution < -0.4 is 25.4 Å². The molecule has 3 aromatic rings. The Bertz CT molecular complexity index is 1680. The van der Waals surface area contributed by atoms with Gasteiger partial charge in [0, 0.05) is 20.6 Å². The van der Waals surface area contributed by atoms with Gasteiger partial charge in [-0.2, -0.15) is 0 Å². The fraction of sp³-hybridized carbons (Fsp3) is 0.425. The molecule has 0 unspecified atom stereocenters. The summed E-state index contributed by atoms with van der Waals surface area (Å²) < 4.78 is 11.5. The first kappa shape index (κ1) is 39.4. The summed E-state index contributed by atoms with van der Waals surface area (Å²) in [5.41, 5.74) is 2.18. The van der Waals surface area contributed by atoms with Crippen molar-refractivity contribution in [2.24, 2.45) is 5.92 Å². The third-order valence-electron chi connectivity index (χ3n) is 8.94. The molecule has 3 atom stereocenters. The van der Waals surface area contributed by atoms with E-state index in [0.717, 1.165) is 16.9 Å². The molecule has 3 aromatic carbocycles. The van der Waals surface area contributed by atoms with Crippen molar-refractivity contribution in [3.8, 4) is 11.5 Å². The molecule has 3 N–H and O–H groups in total. The molecule has 4 rings (SSSR count).